The molecular formula is C9H15NO. The van der Waals surface area contributed by atoms with Crippen molar-refractivity contribution in [2.45, 2.75) is 31.7 Å². The topological polar surface area (TPSA) is 21.6 Å². The Morgan fingerprint density at radius 1 is 1.64 bits per heavy atom. The number of hydrogen-bond donors (Lipinski definition) is 0. The van der Waals surface area contributed by atoms with Gasteiger partial charge in [0.15, 0.2) is 5.90 Å². The zero-order valence-corrected chi connectivity index (χ0v) is 7.05. The number of methoxy groups -OCH3 is 1. The maximum atomic E-state index is 5.11. The SMILES string of the molecule is C=CC1CCCCC(OC)=N1. The fraction of sp³-hybridized carbons (Fsp3) is 0.667. The van der Waals surface area contributed by atoms with Gasteiger partial charge in [0.05, 0.1) is 13.2 Å². The van der Waals surface area contributed by atoms with Gasteiger partial charge in [-0.05, 0) is 12.8 Å². The molecule has 0 aromatic heterocycles. The van der Waals surface area contributed by atoms with Gasteiger partial charge in [-0.15, -0.1) is 6.58 Å². The molecule has 0 fully saturated rings. The van der Waals surface area contributed by atoms with E-state index in [0.717, 1.165) is 18.7 Å². The zero-order chi connectivity index (χ0) is 8.10. The third-order valence-electron chi connectivity index (χ3n) is 1.96. The number of nitrogens with zero attached hydrogens (tertiary/aromatic N) is 1. The van der Waals surface area contributed by atoms with Crippen LogP contribution in [0.25, 0.3) is 0 Å². The highest BCUT2D eigenvalue weighted by Crippen LogP contribution is 2.14. The minimum absolute atomic E-state index is 0.285. The van der Waals surface area contributed by atoms with E-state index in [0.29, 0.717) is 0 Å². The molecule has 0 radical (unpaired) electrons. The van der Waals surface area contributed by atoms with E-state index < -0.39 is 0 Å². The van der Waals surface area contributed by atoms with Gasteiger partial charge in [0.2, 0.25) is 0 Å². The van der Waals surface area contributed by atoms with Crippen LogP contribution in [0, 0.1) is 0 Å². The molecular weight excluding hydrogens is 138 g/mol. The summed E-state index contributed by atoms with van der Waals surface area (Å²) in [5.41, 5.74) is 0. The van der Waals surface area contributed by atoms with E-state index in [1.54, 1.807) is 7.11 Å². The van der Waals surface area contributed by atoms with E-state index in [9.17, 15) is 0 Å². The highest BCUT2D eigenvalue weighted by Gasteiger charge is 2.09. The molecule has 0 bridgehead atoms. The quantitative estimate of drug-likeness (QED) is 0.529. The maximum Gasteiger partial charge on any atom is 0.183 e. The molecule has 2 heteroatoms. The first-order valence-electron chi connectivity index (χ1n) is 4.10. The second-order valence-corrected chi connectivity index (χ2v) is 2.78. The molecule has 0 aromatic carbocycles. The van der Waals surface area contributed by atoms with E-state index >= 15 is 0 Å². The van der Waals surface area contributed by atoms with Gasteiger partial charge in [-0.25, -0.2) is 4.99 Å². The van der Waals surface area contributed by atoms with Crippen molar-refractivity contribution in [3.63, 3.8) is 0 Å². The molecule has 0 saturated heterocycles. The van der Waals surface area contributed by atoms with Crippen LogP contribution in [0.1, 0.15) is 25.7 Å². The summed E-state index contributed by atoms with van der Waals surface area (Å²) >= 11 is 0. The normalized spacial score (nSPS) is 25.2. The average Bonchev–Trinajstić information content (AvgIpc) is 2.28. The fourth-order valence-electron chi connectivity index (χ4n) is 1.27. The largest absolute Gasteiger partial charge is 0.484 e. The predicted octanol–water partition coefficient (Wildman–Crippen LogP) is 2.16. The Kier molecular flexibility index (Phi) is 3.14. The number of aliphatic imine (C=N–C) groups is 1. The molecule has 0 aromatic rings. The monoisotopic (exact) mass is 153 g/mol. The van der Waals surface area contributed by atoms with Crippen LogP contribution in [-0.2, 0) is 4.74 Å². The van der Waals surface area contributed by atoms with Gasteiger partial charge in [-0.2, -0.15) is 0 Å². The summed E-state index contributed by atoms with van der Waals surface area (Å²) in [5.74, 6) is 0.882. The summed E-state index contributed by atoms with van der Waals surface area (Å²) < 4.78 is 5.11. The van der Waals surface area contributed by atoms with Crippen LogP contribution in [-0.4, -0.2) is 19.0 Å². The summed E-state index contributed by atoms with van der Waals surface area (Å²) in [6.07, 6.45) is 6.42. The highest BCUT2D eigenvalue weighted by molar-refractivity contribution is 5.76. The summed E-state index contributed by atoms with van der Waals surface area (Å²) in [6, 6.07) is 0.285. The van der Waals surface area contributed by atoms with Gasteiger partial charge >= 0.3 is 0 Å². The van der Waals surface area contributed by atoms with E-state index in [1.165, 1.54) is 12.8 Å². The van der Waals surface area contributed by atoms with E-state index in [-0.39, 0.29) is 6.04 Å². The molecule has 1 unspecified atom stereocenters. The van der Waals surface area contributed by atoms with Crippen LogP contribution in [0.15, 0.2) is 17.6 Å². The molecule has 0 aliphatic carbocycles. The lowest BCUT2D eigenvalue weighted by Crippen LogP contribution is -2.04. The first kappa shape index (κ1) is 8.31. The van der Waals surface area contributed by atoms with Crippen LogP contribution >= 0.6 is 0 Å². The summed E-state index contributed by atoms with van der Waals surface area (Å²) in [4.78, 5) is 4.39. The van der Waals surface area contributed by atoms with Crippen LogP contribution in [0.3, 0.4) is 0 Å². The van der Waals surface area contributed by atoms with E-state index in [1.807, 2.05) is 6.08 Å². The molecule has 0 saturated carbocycles. The Bertz CT molecular complexity index is 163. The molecule has 1 rings (SSSR count). The fourth-order valence-corrected chi connectivity index (χ4v) is 1.27. The first-order chi connectivity index (χ1) is 5.36. The lowest BCUT2D eigenvalue weighted by atomic mass is 10.1. The standard InChI is InChI=1S/C9H15NO/c1-3-8-6-4-5-7-9(10-8)11-2/h3,8H,1,4-7H2,2H3. The van der Waals surface area contributed by atoms with Crippen molar-refractivity contribution in [1.29, 1.82) is 0 Å². The smallest absolute Gasteiger partial charge is 0.183 e. The van der Waals surface area contributed by atoms with Gasteiger partial charge in [0.25, 0.3) is 0 Å². The van der Waals surface area contributed by atoms with Crippen molar-refractivity contribution >= 4 is 5.90 Å². The zero-order valence-electron chi connectivity index (χ0n) is 7.05. The molecule has 62 valence electrons. The predicted molar refractivity (Wildman–Crippen MR) is 46.9 cm³/mol. The maximum absolute atomic E-state index is 5.11. The van der Waals surface area contributed by atoms with Gasteiger partial charge in [0.1, 0.15) is 0 Å². The molecule has 11 heavy (non-hydrogen) atoms. The Labute approximate surface area is 68.0 Å². The average molecular weight is 153 g/mol. The van der Waals surface area contributed by atoms with Gasteiger partial charge in [-0.3, -0.25) is 0 Å². The third-order valence-corrected chi connectivity index (χ3v) is 1.96. The van der Waals surface area contributed by atoms with Crippen molar-refractivity contribution in [3.05, 3.63) is 12.7 Å². The highest BCUT2D eigenvalue weighted by atomic mass is 16.5. The Morgan fingerprint density at radius 2 is 2.45 bits per heavy atom. The molecule has 0 amide bonds. The van der Waals surface area contributed by atoms with Gasteiger partial charge < -0.3 is 4.74 Å². The second kappa shape index (κ2) is 4.16. The molecule has 0 N–H and O–H groups in total. The van der Waals surface area contributed by atoms with E-state index in [4.69, 9.17) is 4.74 Å². The van der Waals surface area contributed by atoms with Gasteiger partial charge in [-0.1, -0.05) is 12.5 Å². The summed E-state index contributed by atoms with van der Waals surface area (Å²) in [7, 11) is 1.68. The molecule has 0 spiro atoms. The minimum atomic E-state index is 0.285. The van der Waals surface area contributed by atoms with Crippen molar-refractivity contribution in [3.8, 4) is 0 Å². The summed E-state index contributed by atoms with van der Waals surface area (Å²) in [5, 5.41) is 0. The molecule has 1 atom stereocenters. The molecule has 1 heterocycles. The Morgan fingerprint density at radius 3 is 3.09 bits per heavy atom. The first-order valence-corrected chi connectivity index (χ1v) is 4.10. The number of hydrogen-bond acceptors (Lipinski definition) is 2. The van der Waals surface area contributed by atoms with Crippen molar-refractivity contribution in [2.24, 2.45) is 4.99 Å². The lowest BCUT2D eigenvalue weighted by molar-refractivity contribution is 0.387. The second-order valence-electron chi connectivity index (χ2n) is 2.78. The molecule has 2 nitrogen and oxygen atoms in total. The Hall–Kier alpha value is -0.790. The van der Waals surface area contributed by atoms with Crippen LogP contribution in [0.2, 0.25) is 0 Å². The van der Waals surface area contributed by atoms with Crippen molar-refractivity contribution < 1.29 is 4.74 Å². The van der Waals surface area contributed by atoms with Crippen molar-refractivity contribution in [1.82, 2.24) is 0 Å². The van der Waals surface area contributed by atoms with Crippen LogP contribution in [0.4, 0.5) is 0 Å². The minimum Gasteiger partial charge on any atom is -0.484 e. The van der Waals surface area contributed by atoms with Crippen LogP contribution < -0.4 is 0 Å². The van der Waals surface area contributed by atoms with Crippen molar-refractivity contribution in [2.75, 3.05) is 7.11 Å². The summed E-state index contributed by atoms with van der Waals surface area (Å²) in [6.45, 7) is 3.73. The van der Waals surface area contributed by atoms with Crippen LogP contribution in [0.5, 0.6) is 0 Å². The number of rotatable bonds is 1. The lowest BCUT2D eigenvalue weighted by Gasteiger charge is -2.03. The third kappa shape index (κ3) is 2.37. The van der Waals surface area contributed by atoms with Gasteiger partial charge in [0, 0.05) is 6.42 Å². The molecule has 1 aliphatic heterocycles. The Balaban J connectivity index is 2.59. The number of ether oxygens (including phenoxy) is 1. The van der Waals surface area contributed by atoms with E-state index in [2.05, 4.69) is 11.6 Å². The molecule has 1 aliphatic rings.